The Bertz CT molecular complexity index is 821. The van der Waals surface area contributed by atoms with E-state index in [1.54, 1.807) is 0 Å². The van der Waals surface area contributed by atoms with Crippen molar-refractivity contribution in [3.63, 3.8) is 0 Å². The molecule has 1 aliphatic carbocycles. The van der Waals surface area contributed by atoms with Crippen molar-refractivity contribution in [2.75, 3.05) is 13.2 Å². The van der Waals surface area contributed by atoms with Crippen molar-refractivity contribution in [3.05, 3.63) is 41.8 Å². The predicted molar refractivity (Wildman–Crippen MR) is 99.9 cm³/mol. The topological polar surface area (TPSA) is 67.5 Å². The number of halogens is 3. The van der Waals surface area contributed by atoms with Crippen molar-refractivity contribution in [1.29, 1.82) is 0 Å². The van der Waals surface area contributed by atoms with E-state index in [2.05, 4.69) is 10.3 Å². The summed E-state index contributed by atoms with van der Waals surface area (Å²) in [6.45, 7) is 1.14. The lowest BCUT2D eigenvalue weighted by atomic mass is 9.63. The van der Waals surface area contributed by atoms with Gasteiger partial charge in [-0.3, -0.25) is 0 Å². The molecule has 2 unspecified atom stereocenters. The van der Waals surface area contributed by atoms with E-state index in [-0.39, 0.29) is 35.6 Å². The molecule has 158 valence electrons. The number of nitrogens with one attached hydrogen (secondary N) is 1. The molecule has 2 heterocycles. The van der Waals surface area contributed by atoms with Crippen molar-refractivity contribution in [2.24, 2.45) is 5.41 Å². The minimum atomic E-state index is -4.48. The molecular formula is C21H25F3N2O3. The number of ether oxygens (including phenoxy) is 1. The molecule has 2 aliphatic rings. The fraction of sp³-hybridized carbons (Fsp3) is 0.571. The number of hydrogen-bond donors (Lipinski definition) is 2. The van der Waals surface area contributed by atoms with Crippen LogP contribution in [0.15, 0.2) is 34.9 Å². The molecule has 29 heavy (non-hydrogen) atoms. The summed E-state index contributed by atoms with van der Waals surface area (Å²) in [6, 6.07) is 5.23. The maximum absolute atomic E-state index is 13.3. The maximum atomic E-state index is 13.3. The molecule has 5 nitrogen and oxygen atoms in total. The summed E-state index contributed by atoms with van der Waals surface area (Å²) in [4.78, 5) is 4.27. The summed E-state index contributed by atoms with van der Waals surface area (Å²) in [7, 11) is 0. The van der Waals surface area contributed by atoms with Crippen molar-refractivity contribution in [3.8, 4) is 11.5 Å². The monoisotopic (exact) mass is 410 g/mol. The zero-order valence-corrected chi connectivity index (χ0v) is 16.0. The lowest BCUT2D eigenvalue weighted by Crippen LogP contribution is -2.57. The SMILES string of the molecule is OCC1(C(NCc2coc(-c3ccccc3C(F)(F)F)n2)C2CCCO2)CCC1. The van der Waals surface area contributed by atoms with Gasteiger partial charge in [-0.05, 0) is 37.8 Å². The van der Waals surface area contributed by atoms with E-state index in [0.717, 1.165) is 38.2 Å². The number of rotatable bonds is 7. The molecule has 1 aliphatic heterocycles. The molecule has 4 rings (SSSR count). The van der Waals surface area contributed by atoms with Gasteiger partial charge in [-0.15, -0.1) is 0 Å². The second-order valence-electron chi connectivity index (χ2n) is 7.97. The third-order valence-electron chi connectivity index (χ3n) is 6.18. The Morgan fingerprint density at radius 2 is 2.03 bits per heavy atom. The third kappa shape index (κ3) is 4.06. The Balaban J connectivity index is 1.50. The number of aromatic nitrogens is 1. The molecule has 1 saturated heterocycles. The minimum Gasteiger partial charge on any atom is -0.444 e. The van der Waals surface area contributed by atoms with Crippen LogP contribution < -0.4 is 5.32 Å². The van der Waals surface area contributed by atoms with Gasteiger partial charge in [-0.25, -0.2) is 4.98 Å². The van der Waals surface area contributed by atoms with Gasteiger partial charge in [0, 0.05) is 30.2 Å². The quantitative estimate of drug-likeness (QED) is 0.718. The van der Waals surface area contributed by atoms with Crippen LogP contribution in [0.1, 0.15) is 43.4 Å². The molecule has 1 aromatic heterocycles. The molecule has 8 heteroatoms. The molecule has 2 N–H and O–H groups in total. The first-order valence-corrected chi connectivity index (χ1v) is 10.00. The van der Waals surface area contributed by atoms with Crippen molar-refractivity contribution >= 4 is 0 Å². The number of aliphatic hydroxyl groups is 1. The van der Waals surface area contributed by atoms with Crippen LogP contribution in [0, 0.1) is 5.41 Å². The van der Waals surface area contributed by atoms with E-state index >= 15 is 0 Å². The second kappa shape index (κ2) is 8.08. The number of alkyl halides is 3. The van der Waals surface area contributed by atoms with Gasteiger partial charge in [0.15, 0.2) is 0 Å². The predicted octanol–water partition coefficient (Wildman–Crippen LogP) is 4.16. The number of nitrogens with zero attached hydrogens (tertiary/aromatic N) is 1. The van der Waals surface area contributed by atoms with Gasteiger partial charge in [0.25, 0.3) is 0 Å². The molecule has 1 aromatic carbocycles. The lowest BCUT2D eigenvalue weighted by Gasteiger charge is -2.48. The van der Waals surface area contributed by atoms with Crippen LogP contribution in [0.2, 0.25) is 0 Å². The van der Waals surface area contributed by atoms with Gasteiger partial charge < -0.3 is 19.6 Å². The number of hydrogen-bond acceptors (Lipinski definition) is 5. The summed E-state index contributed by atoms with van der Waals surface area (Å²) >= 11 is 0. The summed E-state index contributed by atoms with van der Waals surface area (Å²) in [5, 5.41) is 13.4. The Morgan fingerprint density at radius 1 is 1.24 bits per heavy atom. The van der Waals surface area contributed by atoms with Crippen LogP contribution >= 0.6 is 0 Å². The first-order valence-electron chi connectivity index (χ1n) is 10.00. The number of benzene rings is 1. The third-order valence-corrected chi connectivity index (χ3v) is 6.18. The highest BCUT2D eigenvalue weighted by molar-refractivity contribution is 5.59. The van der Waals surface area contributed by atoms with Crippen LogP contribution in [0.4, 0.5) is 13.2 Å². The zero-order valence-electron chi connectivity index (χ0n) is 16.0. The highest BCUT2D eigenvalue weighted by atomic mass is 19.4. The Kier molecular flexibility index (Phi) is 5.68. The van der Waals surface area contributed by atoms with E-state index in [4.69, 9.17) is 9.15 Å². The minimum absolute atomic E-state index is 0.0219. The molecule has 0 amide bonds. The van der Waals surface area contributed by atoms with Crippen LogP contribution in [0.5, 0.6) is 0 Å². The van der Waals surface area contributed by atoms with E-state index < -0.39 is 11.7 Å². The maximum Gasteiger partial charge on any atom is 0.417 e. The van der Waals surface area contributed by atoms with Gasteiger partial charge in [-0.1, -0.05) is 18.6 Å². The van der Waals surface area contributed by atoms with E-state index in [0.29, 0.717) is 18.8 Å². The van der Waals surface area contributed by atoms with Gasteiger partial charge in [0.05, 0.1) is 24.0 Å². The lowest BCUT2D eigenvalue weighted by molar-refractivity contribution is -0.137. The van der Waals surface area contributed by atoms with Crippen molar-refractivity contribution < 1.29 is 27.4 Å². The Labute approximate surface area is 167 Å². The average Bonchev–Trinajstić information content (AvgIpc) is 3.35. The van der Waals surface area contributed by atoms with E-state index in [1.165, 1.54) is 24.5 Å². The average molecular weight is 410 g/mol. The smallest absolute Gasteiger partial charge is 0.417 e. The molecule has 1 saturated carbocycles. The molecule has 0 radical (unpaired) electrons. The molecule has 0 spiro atoms. The first kappa shape index (κ1) is 20.4. The standard InChI is InChI=1S/C21H25F3N2O3/c22-21(23,24)16-6-2-1-5-15(16)19-26-14(12-29-19)11-25-18(17-7-3-10-28-17)20(13-27)8-4-9-20/h1-2,5-6,12,17-18,25,27H,3-4,7-11,13H2. The fourth-order valence-electron chi connectivity index (χ4n) is 4.45. The highest BCUT2D eigenvalue weighted by Crippen LogP contribution is 2.46. The van der Waals surface area contributed by atoms with Crippen LogP contribution in [0.3, 0.4) is 0 Å². The largest absolute Gasteiger partial charge is 0.444 e. The normalized spacial score (nSPS) is 22.4. The fourth-order valence-corrected chi connectivity index (χ4v) is 4.45. The molecular weight excluding hydrogens is 385 g/mol. The summed E-state index contributed by atoms with van der Waals surface area (Å²) in [6.07, 6.45) is 1.80. The highest BCUT2D eigenvalue weighted by Gasteiger charge is 2.47. The van der Waals surface area contributed by atoms with E-state index in [1.807, 2.05) is 0 Å². The van der Waals surface area contributed by atoms with Gasteiger partial charge in [-0.2, -0.15) is 13.2 Å². The number of aliphatic hydroxyl groups excluding tert-OH is 1. The molecule has 2 aromatic rings. The van der Waals surface area contributed by atoms with Crippen LogP contribution in [-0.2, 0) is 17.5 Å². The summed E-state index contributed by atoms with van der Waals surface area (Å²) in [5.74, 6) is -0.0519. The van der Waals surface area contributed by atoms with Gasteiger partial charge >= 0.3 is 6.18 Å². The van der Waals surface area contributed by atoms with E-state index in [9.17, 15) is 18.3 Å². The van der Waals surface area contributed by atoms with Gasteiger partial charge in [0.2, 0.25) is 5.89 Å². The Morgan fingerprint density at radius 3 is 2.66 bits per heavy atom. The van der Waals surface area contributed by atoms with Crippen molar-refractivity contribution in [2.45, 2.75) is 57.0 Å². The van der Waals surface area contributed by atoms with Gasteiger partial charge in [0.1, 0.15) is 6.26 Å². The first-order chi connectivity index (χ1) is 13.9. The second-order valence-corrected chi connectivity index (χ2v) is 7.97. The molecule has 2 fully saturated rings. The molecule has 0 bridgehead atoms. The number of oxazole rings is 1. The summed E-state index contributed by atoms with van der Waals surface area (Å²) < 4.78 is 51.0. The van der Waals surface area contributed by atoms with Crippen LogP contribution in [-0.4, -0.2) is 35.5 Å². The van der Waals surface area contributed by atoms with Crippen LogP contribution in [0.25, 0.3) is 11.5 Å². The van der Waals surface area contributed by atoms with Crippen molar-refractivity contribution in [1.82, 2.24) is 10.3 Å². The summed E-state index contributed by atoms with van der Waals surface area (Å²) in [5.41, 5.74) is -0.530. The molecule has 2 atom stereocenters. The zero-order chi connectivity index (χ0) is 20.5. The Hall–Kier alpha value is -1.90.